The molecule has 0 saturated heterocycles. The fourth-order valence-corrected chi connectivity index (χ4v) is 3.76. The number of carbonyl (C=O) groups is 1. The van der Waals surface area contributed by atoms with E-state index in [1.165, 1.54) is 12.1 Å². The first-order valence-electron chi connectivity index (χ1n) is 9.67. The van der Waals surface area contributed by atoms with E-state index < -0.39 is 11.9 Å². The zero-order valence-electron chi connectivity index (χ0n) is 16.8. The molecule has 1 amide bonds. The van der Waals surface area contributed by atoms with Crippen molar-refractivity contribution in [3.05, 3.63) is 107 Å². The molecule has 0 aliphatic carbocycles. The average molecular weight is 403 g/mol. The molecule has 1 heterocycles. The highest BCUT2D eigenvalue weighted by molar-refractivity contribution is 6.05. The second-order valence-corrected chi connectivity index (χ2v) is 7.36. The SMILES string of the molecule is COc1ccc(C2=C(O)C(=O)N(Cc3ccc(F)cc3)[C@@H]2c2ccc(C)cc2)cc1. The smallest absolute Gasteiger partial charge is 0.290 e. The number of benzene rings is 3. The number of amides is 1. The lowest BCUT2D eigenvalue weighted by Crippen LogP contribution is -2.29. The molecule has 30 heavy (non-hydrogen) atoms. The Hall–Kier alpha value is -3.60. The van der Waals surface area contributed by atoms with Crippen molar-refractivity contribution in [1.29, 1.82) is 0 Å². The maximum absolute atomic E-state index is 13.3. The molecular formula is C25H22FNO3. The fourth-order valence-electron chi connectivity index (χ4n) is 3.76. The first-order chi connectivity index (χ1) is 14.5. The standard InChI is InChI=1S/C25H22FNO3/c1-16-3-7-19(8-4-16)23-22(18-9-13-21(30-2)14-10-18)24(28)25(29)27(23)15-17-5-11-20(26)12-6-17/h3-14,23,28H,15H2,1-2H3/t23-/m1/s1. The lowest BCUT2D eigenvalue weighted by molar-refractivity contribution is -0.130. The summed E-state index contributed by atoms with van der Waals surface area (Å²) in [6.07, 6.45) is 0. The number of aliphatic hydroxyl groups is 1. The van der Waals surface area contributed by atoms with E-state index in [9.17, 15) is 14.3 Å². The van der Waals surface area contributed by atoms with Crippen molar-refractivity contribution in [3.63, 3.8) is 0 Å². The third-order valence-corrected chi connectivity index (χ3v) is 5.36. The fraction of sp³-hybridized carbons (Fsp3) is 0.160. The second kappa shape index (κ2) is 8.03. The van der Waals surface area contributed by atoms with Gasteiger partial charge in [-0.05, 0) is 47.9 Å². The molecule has 0 radical (unpaired) electrons. The Morgan fingerprint density at radius 3 is 2.20 bits per heavy atom. The number of hydrogen-bond acceptors (Lipinski definition) is 3. The van der Waals surface area contributed by atoms with Crippen LogP contribution < -0.4 is 4.74 Å². The van der Waals surface area contributed by atoms with E-state index in [0.717, 1.165) is 22.3 Å². The topological polar surface area (TPSA) is 49.8 Å². The van der Waals surface area contributed by atoms with Crippen LogP contribution in [0.15, 0.2) is 78.6 Å². The summed E-state index contributed by atoms with van der Waals surface area (Å²) in [5, 5.41) is 10.8. The summed E-state index contributed by atoms with van der Waals surface area (Å²) in [5.41, 5.74) is 4.08. The summed E-state index contributed by atoms with van der Waals surface area (Å²) < 4.78 is 18.6. The molecule has 4 rings (SSSR count). The highest BCUT2D eigenvalue weighted by Crippen LogP contribution is 2.44. The predicted octanol–water partition coefficient (Wildman–Crippen LogP) is 5.20. The number of carbonyl (C=O) groups excluding carboxylic acids is 1. The molecule has 1 aliphatic heterocycles. The van der Waals surface area contributed by atoms with E-state index in [1.807, 2.05) is 43.3 Å². The van der Waals surface area contributed by atoms with Gasteiger partial charge in [-0.15, -0.1) is 0 Å². The Morgan fingerprint density at radius 1 is 0.967 bits per heavy atom. The minimum Gasteiger partial charge on any atom is -0.503 e. The van der Waals surface area contributed by atoms with E-state index in [1.54, 1.807) is 36.3 Å². The number of methoxy groups -OCH3 is 1. The van der Waals surface area contributed by atoms with E-state index in [0.29, 0.717) is 11.3 Å². The number of halogens is 1. The molecule has 0 aromatic heterocycles. The van der Waals surface area contributed by atoms with Crippen LogP contribution in [0.1, 0.15) is 28.3 Å². The first-order valence-corrected chi connectivity index (χ1v) is 9.67. The average Bonchev–Trinajstić information content (AvgIpc) is 3.01. The van der Waals surface area contributed by atoms with Gasteiger partial charge in [0.15, 0.2) is 5.76 Å². The van der Waals surface area contributed by atoms with Crippen molar-refractivity contribution in [3.8, 4) is 5.75 Å². The highest BCUT2D eigenvalue weighted by Gasteiger charge is 2.40. The van der Waals surface area contributed by atoms with Gasteiger partial charge < -0.3 is 14.7 Å². The Morgan fingerprint density at radius 2 is 1.60 bits per heavy atom. The zero-order chi connectivity index (χ0) is 21.3. The van der Waals surface area contributed by atoms with Crippen LogP contribution in [-0.2, 0) is 11.3 Å². The van der Waals surface area contributed by atoms with Gasteiger partial charge in [-0.2, -0.15) is 0 Å². The van der Waals surface area contributed by atoms with Gasteiger partial charge in [0.25, 0.3) is 5.91 Å². The van der Waals surface area contributed by atoms with E-state index in [2.05, 4.69) is 0 Å². The van der Waals surface area contributed by atoms with Crippen molar-refractivity contribution in [2.45, 2.75) is 19.5 Å². The zero-order valence-corrected chi connectivity index (χ0v) is 16.8. The number of hydrogen-bond donors (Lipinski definition) is 1. The van der Waals surface area contributed by atoms with Gasteiger partial charge in [-0.1, -0.05) is 54.1 Å². The molecule has 5 heteroatoms. The molecule has 1 aliphatic rings. The van der Waals surface area contributed by atoms with Crippen LogP contribution in [0.3, 0.4) is 0 Å². The minimum atomic E-state index is -0.462. The third kappa shape index (κ3) is 3.66. The third-order valence-electron chi connectivity index (χ3n) is 5.36. The molecule has 0 fully saturated rings. The molecule has 0 saturated carbocycles. The summed E-state index contributed by atoms with van der Waals surface area (Å²) in [5.74, 6) is -0.358. The van der Waals surface area contributed by atoms with Crippen LogP contribution in [0.2, 0.25) is 0 Å². The van der Waals surface area contributed by atoms with E-state index >= 15 is 0 Å². The van der Waals surface area contributed by atoms with Crippen LogP contribution in [0.25, 0.3) is 5.57 Å². The Labute approximate surface area is 174 Å². The Bertz CT molecular complexity index is 1090. The summed E-state index contributed by atoms with van der Waals surface area (Å²) in [7, 11) is 1.59. The largest absolute Gasteiger partial charge is 0.503 e. The molecule has 3 aromatic rings. The van der Waals surface area contributed by atoms with Gasteiger partial charge in [0, 0.05) is 12.1 Å². The lowest BCUT2D eigenvalue weighted by atomic mass is 9.93. The monoisotopic (exact) mass is 403 g/mol. The second-order valence-electron chi connectivity index (χ2n) is 7.36. The van der Waals surface area contributed by atoms with Crippen LogP contribution in [0.5, 0.6) is 5.75 Å². The Balaban J connectivity index is 1.79. The molecule has 1 atom stereocenters. The van der Waals surface area contributed by atoms with Crippen molar-refractivity contribution in [2.75, 3.05) is 7.11 Å². The number of rotatable bonds is 5. The molecule has 152 valence electrons. The normalized spacial score (nSPS) is 16.3. The summed E-state index contributed by atoms with van der Waals surface area (Å²) in [6.45, 7) is 2.25. The number of nitrogens with zero attached hydrogens (tertiary/aromatic N) is 1. The molecule has 0 unspecified atom stereocenters. The summed E-state index contributed by atoms with van der Waals surface area (Å²) >= 11 is 0. The highest BCUT2D eigenvalue weighted by atomic mass is 19.1. The quantitative estimate of drug-likeness (QED) is 0.637. The van der Waals surface area contributed by atoms with E-state index in [-0.39, 0.29) is 18.1 Å². The van der Waals surface area contributed by atoms with Crippen molar-refractivity contribution in [1.82, 2.24) is 4.90 Å². The van der Waals surface area contributed by atoms with Crippen LogP contribution in [0, 0.1) is 12.7 Å². The van der Waals surface area contributed by atoms with Crippen LogP contribution in [-0.4, -0.2) is 23.0 Å². The number of aliphatic hydroxyl groups excluding tert-OH is 1. The molecule has 4 nitrogen and oxygen atoms in total. The Kier molecular flexibility index (Phi) is 5.27. The van der Waals surface area contributed by atoms with Crippen LogP contribution >= 0.6 is 0 Å². The van der Waals surface area contributed by atoms with Gasteiger partial charge in [0.2, 0.25) is 0 Å². The lowest BCUT2D eigenvalue weighted by Gasteiger charge is -2.27. The minimum absolute atomic E-state index is 0.251. The molecule has 0 bridgehead atoms. The van der Waals surface area contributed by atoms with Gasteiger partial charge in [0.1, 0.15) is 11.6 Å². The molecule has 3 aromatic carbocycles. The van der Waals surface area contributed by atoms with Gasteiger partial charge in [0.05, 0.1) is 13.2 Å². The van der Waals surface area contributed by atoms with Crippen molar-refractivity contribution in [2.24, 2.45) is 0 Å². The first kappa shape index (κ1) is 19.7. The maximum atomic E-state index is 13.3. The molecule has 0 spiro atoms. The number of aryl methyl sites for hydroxylation is 1. The van der Waals surface area contributed by atoms with Gasteiger partial charge in [-0.25, -0.2) is 4.39 Å². The number of ether oxygens (including phenoxy) is 1. The van der Waals surface area contributed by atoms with E-state index in [4.69, 9.17) is 4.74 Å². The molecule has 1 N–H and O–H groups in total. The van der Waals surface area contributed by atoms with Crippen molar-refractivity contribution < 1.29 is 19.0 Å². The molecular weight excluding hydrogens is 381 g/mol. The summed E-state index contributed by atoms with van der Waals surface area (Å²) in [6, 6.07) is 20.7. The van der Waals surface area contributed by atoms with Gasteiger partial charge >= 0.3 is 0 Å². The summed E-state index contributed by atoms with van der Waals surface area (Å²) in [4.78, 5) is 14.7. The van der Waals surface area contributed by atoms with Crippen molar-refractivity contribution >= 4 is 11.5 Å². The maximum Gasteiger partial charge on any atom is 0.290 e. The van der Waals surface area contributed by atoms with Gasteiger partial charge in [-0.3, -0.25) is 4.79 Å². The predicted molar refractivity (Wildman–Crippen MR) is 113 cm³/mol. The van der Waals surface area contributed by atoms with Crippen LogP contribution in [0.4, 0.5) is 4.39 Å².